The molecule has 2 rings (SSSR count). The van der Waals surface area contributed by atoms with Gasteiger partial charge in [-0.05, 0) is 18.7 Å². The molecule has 1 aliphatic rings. The van der Waals surface area contributed by atoms with Crippen molar-refractivity contribution in [3.05, 3.63) is 12.3 Å². The van der Waals surface area contributed by atoms with Crippen molar-refractivity contribution < 1.29 is 9.84 Å². The quantitative estimate of drug-likeness (QED) is 0.676. The van der Waals surface area contributed by atoms with Gasteiger partial charge in [0.15, 0.2) is 5.16 Å². The van der Waals surface area contributed by atoms with Gasteiger partial charge in [0.25, 0.3) is 0 Å². The molecular formula is C14H23N3O2S. The molecule has 1 saturated heterocycles. The van der Waals surface area contributed by atoms with Gasteiger partial charge in [-0.25, -0.2) is 9.97 Å². The van der Waals surface area contributed by atoms with Crippen LogP contribution in [0.2, 0.25) is 0 Å². The number of rotatable bonds is 4. The van der Waals surface area contributed by atoms with Crippen LogP contribution < -0.4 is 4.90 Å². The third-order valence-electron chi connectivity index (χ3n) is 4.15. The summed E-state index contributed by atoms with van der Waals surface area (Å²) in [6.45, 7) is 6.04. The van der Waals surface area contributed by atoms with Gasteiger partial charge in [-0.2, -0.15) is 0 Å². The van der Waals surface area contributed by atoms with E-state index in [1.54, 1.807) is 13.3 Å². The molecule has 1 aromatic rings. The Kier molecular flexibility index (Phi) is 4.56. The minimum atomic E-state index is -0.784. The fraction of sp³-hybridized carbons (Fsp3) is 0.714. The van der Waals surface area contributed by atoms with Crippen molar-refractivity contribution in [2.45, 2.75) is 31.0 Å². The van der Waals surface area contributed by atoms with E-state index in [1.807, 2.05) is 12.3 Å². The second-order valence-corrected chi connectivity index (χ2v) is 6.69. The summed E-state index contributed by atoms with van der Waals surface area (Å²) in [5, 5.41) is 11.6. The molecule has 0 spiro atoms. The van der Waals surface area contributed by atoms with E-state index < -0.39 is 5.60 Å². The van der Waals surface area contributed by atoms with E-state index in [4.69, 9.17) is 4.74 Å². The first-order valence-corrected chi connectivity index (χ1v) is 7.98. The average Bonchev–Trinajstić information content (AvgIpc) is 2.42. The zero-order chi connectivity index (χ0) is 14.8. The van der Waals surface area contributed by atoms with Crippen molar-refractivity contribution >= 4 is 17.6 Å². The number of thioether (sulfide) groups is 1. The number of hydrogen-bond donors (Lipinski definition) is 1. The fourth-order valence-corrected chi connectivity index (χ4v) is 3.02. The van der Waals surface area contributed by atoms with Crippen LogP contribution in [-0.4, -0.2) is 53.7 Å². The van der Waals surface area contributed by atoms with Gasteiger partial charge >= 0.3 is 0 Å². The standard InChI is InChI=1S/C14H23N3O2S/c1-13(2)9-17(8-6-14(13,18)10-19-3)11-5-7-15-12(16-11)20-4/h5,7,18H,6,8-10H2,1-4H3. The third kappa shape index (κ3) is 2.92. The molecule has 0 amide bonds. The van der Waals surface area contributed by atoms with Crippen LogP contribution in [0.25, 0.3) is 0 Å². The molecular weight excluding hydrogens is 274 g/mol. The molecule has 1 unspecified atom stereocenters. The number of nitrogens with zero attached hydrogens (tertiary/aromatic N) is 3. The van der Waals surface area contributed by atoms with Gasteiger partial charge in [-0.3, -0.25) is 0 Å². The summed E-state index contributed by atoms with van der Waals surface area (Å²) in [5.41, 5.74) is -1.04. The Morgan fingerprint density at radius 2 is 2.25 bits per heavy atom. The normalized spacial score (nSPS) is 25.8. The largest absolute Gasteiger partial charge is 0.387 e. The Morgan fingerprint density at radius 3 is 2.85 bits per heavy atom. The second kappa shape index (κ2) is 5.87. The number of piperidine rings is 1. The van der Waals surface area contributed by atoms with Gasteiger partial charge in [-0.15, -0.1) is 0 Å². The van der Waals surface area contributed by atoms with Gasteiger partial charge in [0.05, 0.1) is 12.2 Å². The molecule has 0 aliphatic carbocycles. The highest BCUT2D eigenvalue weighted by Crippen LogP contribution is 2.40. The minimum Gasteiger partial charge on any atom is -0.387 e. The topological polar surface area (TPSA) is 58.5 Å². The predicted octanol–water partition coefficient (Wildman–Crippen LogP) is 1.81. The highest BCUT2D eigenvalue weighted by atomic mass is 32.2. The lowest BCUT2D eigenvalue weighted by molar-refractivity contribution is -0.122. The summed E-state index contributed by atoms with van der Waals surface area (Å²) in [7, 11) is 1.63. The molecule has 20 heavy (non-hydrogen) atoms. The number of hydrogen-bond acceptors (Lipinski definition) is 6. The second-order valence-electron chi connectivity index (χ2n) is 5.92. The van der Waals surface area contributed by atoms with Crippen LogP contribution in [0, 0.1) is 5.41 Å². The molecule has 1 fully saturated rings. The fourth-order valence-electron chi connectivity index (χ4n) is 2.67. The van der Waals surface area contributed by atoms with Crippen molar-refractivity contribution in [2.75, 3.05) is 38.0 Å². The Balaban J connectivity index is 2.18. The summed E-state index contributed by atoms with van der Waals surface area (Å²) < 4.78 is 5.20. The summed E-state index contributed by atoms with van der Waals surface area (Å²) in [4.78, 5) is 11.0. The lowest BCUT2D eigenvalue weighted by Gasteiger charge is -2.50. The highest BCUT2D eigenvalue weighted by Gasteiger charge is 2.47. The summed E-state index contributed by atoms with van der Waals surface area (Å²) in [6.07, 6.45) is 4.43. The predicted molar refractivity (Wildman–Crippen MR) is 81.2 cm³/mol. The van der Waals surface area contributed by atoms with E-state index in [1.165, 1.54) is 11.8 Å². The van der Waals surface area contributed by atoms with Gasteiger partial charge in [0, 0.05) is 31.8 Å². The Bertz CT molecular complexity index is 469. The van der Waals surface area contributed by atoms with Gasteiger partial charge in [0.2, 0.25) is 0 Å². The third-order valence-corrected chi connectivity index (χ3v) is 4.71. The van der Waals surface area contributed by atoms with E-state index in [0.717, 1.165) is 24.1 Å². The maximum Gasteiger partial charge on any atom is 0.189 e. The molecule has 1 N–H and O–H groups in total. The Morgan fingerprint density at radius 1 is 1.50 bits per heavy atom. The zero-order valence-corrected chi connectivity index (χ0v) is 13.4. The van der Waals surface area contributed by atoms with E-state index in [-0.39, 0.29) is 5.41 Å². The van der Waals surface area contributed by atoms with E-state index >= 15 is 0 Å². The molecule has 0 radical (unpaired) electrons. The van der Waals surface area contributed by atoms with Crippen molar-refractivity contribution in [1.82, 2.24) is 9.97 Å². The lowest BCUT2D eigenvalue weighted by Crippen LogP contribution is -2.59. The number of ether oxygens (including phenoxy) is 1. The van der Waals surface area contributed by atoms with Gasteiger partial charge < -0.3 is 14.7 Å². The molecule has 1 atom stereocenters. The summed E-state index contributed by atoms with van der Waals surface area (Å²) >= 11 is 1.54. The summed E-state index contributed by atoms with van der Waals surface area (Å²) in [6, 6.07) is 1.93. The Labute approximate surface area is 124 Å². The Hall–Kier alpha value is -0.850. The van der Waals surface area contributed by atoms with Gasteiger partial charge in [0.1, 0.15) is 5.82 Å². The van der Waals surface area contributed by atoms with Crippen molar-refractivity contribution in [1.29, 1.82) is 0 Å². The SMILES string of the molecule is COCC1(O)CCN(c2ccnc(SC)n2)CC1(C)C. The van der Waals surface area contributed by atoms with Crippen LogP contribution in [-0.2, 0) is 4.74 Å². The van der Waals surface area contributed by atoms with Crippen LogP contribution in [0.5, 0.6) is 0 Å². The van der Waals surface area contributed by atoms with E-state index in [2.05, 4.69) is 28.7 Å². The number of methoxy groups -OCH3 is 1. The van der Waals surface area contributed by atoms with Crippen molar-refractivity contribution in [3.8, 4) is 0 Å². The maximum atomic E-state index is 10.8. The van der Waals surface area contributed by atoms with Crippen LogP contribution in [0.1, 0.15) is 20.3 Å². The molecule has 112 valence electrons. The van der Waals surface area contributed by atoms with E-state index in [9.17, 15) is 5.11 Å². The monoisotopic (exact) mass is 297 g/mol. The van der Waals surface area contributed by atoms with Crippen LogP contribution in [0.4, 0.5) is 5.82 Å². The van der Waals surface area contributed by atoms with Crippen LogP contribution in [0.3, 0.4) is 0 Å². The number of aliphatic hydroxyl groups is 1. The smallest absolute Gasteiger partial charge is 0.189 e. The highest BCUT2D eigenvalue weighted by molar-refractivity contribution is 7.98. The minimum absolute atomic E-state index is 0.258. The first-order chi connectivity index (χ1) is 9.42. The number of aromatic nitrogens is 2. The van der Waals surface area contributed by atoms with Crippen molar-refractivity contribution in [3.63, 3.8) is 0 Å². The molecule has 1 aromatic heterocycles. The van der Waals surface area contributed by atoms with Gasteiger partial charge in [-0.1, -0.05) is 25.6 Å². The summed E-state index contributed by atoms with van der Waals surface area (Å²) in [5.74, 6) is 0.928. The molecule has 1 aliphatic heterocycles. The molecule has 0 aromatic carbocycles. The van der Waals surface area contributed by atoms with Crippen LogP contribution in [0.15, 0.2) is 17.4 Å². The first-order valence-electron chi connectivity index (χ1n) is 6.75. The van der Waals surface area contributed by atoms with Crippen LogP contribution >= 0.6 is 11.8 Å². The lowest BCUT2D eigenvalue weighted by atomic mass is 9.70. The molecule has 2 heterocycles. The molecule has 0 bridgehead atoms. The van der Waals surface area contributed by atoms with E-state index in [0.29, 0.717) is 13.0 Å². The zero-order valence-electron chi connectivity index (χ0n) is 12.6. The number of anilines is 1. The first kappa shape index (κ1) is 15.5. The average molecular weight is 297 g/mol. The van der Waals surface area contributed by atoms with Crippen molar-refractivity contribution in [2.24, 2.45) is 5.41 Å². The molecule has 5 nitrogen and oxygen atoms in total. The maximum absolute atomic E-state index is 10.8. The molecule has 6 heteroatoms. The molecule has 0 saturated carbocycles.